The third kappa shape index (κ3) is 3.17. The Morgan fingerprint density at radius 1 is 1.55 bits per heavy atom. The molecule has 4 nitrogen and oxygen atoms in total. The highest BCUT2D eigenvalue weighted by molar-refractivity contribution is 9.10. The molecule has 20 heavy (non-hydrogen) atoms. The number of nitrogens with zero attached hydrogens (tertiary/aromatic N) is 1. The van der Waals surface area contributed by atoms with Gasteiger partial charge in [0.25, 0.3) is 0 Å². The third-order valence-electron chi connectivity index (χ3n) is 4.13. The van der Waals surface area contributed by atoms with E-state index in [4.69, 9.17) is 15.2 Å². The molecular formula is C15H23BrN2O2. The van der Waals surface area contributed by atoms with E-state index in [9.17, 15) is 0 Å². The van der Waals surface area contributed by atoms with Crippen LogP contribution in [-0.4, -0.2) is 44.4 Å². The van der Waals surface area contributed by atoms with E-state index < -0.39 is 0 Å². The van der Waals surface area contributed by atoms with Gasteiger partial charge in [-0.2, -0.15) is 0 Å². The quantitative estimate of drug-likeness (QED) is 0.893. The first-order valence-electron chi connectivity index (χ1n) is 6.95. The summed E-state index contributed by atoms with van der Waals surface area (Å²) in [5, 5.41) is 0. The normalized spacial score (nSPS) is 24.1. The van der Waals surface area contributed by atoms with Gasteiger partial charge in [-0.15, -0.1) is 0 Å². The van der Waals surface area contributed by atoms with Crippen molar-refractivity contribution in [1.29, 1.82) is 0 Å². The zero-order chi connectivity index (χ0) is 14.7. The highest BCUT2D eigenvalue weighted by atomic mass is 79.9. The molecule has 112 valence electrons. The molecule has 3 unspecified atom stereocenters. The largest absolute Gasteiger partial charge is 0.496 e. The van der Waals surface area contributed by atoms with E-state index in [2.05, 4.69) is 46.9 Å². The van der Waals surface area contributed by atoms with Crippen molar-refractivity contribution in [3.8, 4) is 5.75 Å². The number of nitrogens with two attached hydrogens (primary N) is 1. The molecule has 1 fully saturated rings. The van der Waals surface area contributed by atoms with Crippen molar-refractivity contribution in [2.75, 3.05) is 27.3 Å². The molecule has 0 radical (unpaired) electrons. The monoisotopic (exact) mass is 342 g/mol. The van der Waals surface area contributed by atoms with Crippen LogP contribution in [0.4, 0.5) is 0 Å². The second kappa shape index (κ2) is 6.89. The number of rotatable bonds is 5. The van der Waals surface area contributed by atoms with Crippen LogP contribution in [-0.2, 0) is 4.74 Å². The summed E-state index contributed by atoms with van der Waals surface area (Å²) in [6, 6.07) is 6.76. The molecule has 5 heteroatoms. The summed E-state index contributed by atoms with van der Waals surface area (Å²) in [4.78, 5) is 2.34. The minimum atomic E-state index is 0.186. The van der Waals surface area contributed by atoms with E-state index in [-0.39, 0.29) is 12.1 Å². The van der Waals surface area contributed by atoms with E-state index in [0.717, 1.165) is 23.2 Å². The molecule has 0 aliphatic carbocycles. The van der Waals surface area contributed by atoms with Crippen molar-refractivity contribution in [1.82, 2.24) is 4.90 Å². The van der Waals surface area contributed by atoms with Crippen molar-refractivity contribution in [2.45, 2.75) is 31.5 Å². The standard InChI is InChI=1S/C15H23BrN2O2/c1-10-13(6-7-20-10)18(2)14(9-17)11-4-5-15(19-3)12(16)8-11/h4-5,8,10,13-14H,6-7,9,17H2,1-3H3. The number of methoxy groups -OCH3 is 1. The van der Waals surface area contributed by atoms with Crippen LogP contribution in [0.25, 0.3) is 0 Å². The molecule has 3 atom stereocenters. The fourth-order valence-corrected chi connectivity index (χ4v) is 3.47. The minimum absolute atomic E-state index is 0.186. The molecule has 2 rings (SSSR count). The van der Waals surface area contributed by atoms with Crippen LogP contribution in [0.15, 0.2) is 22.7 Å². The predicted octanol–water partition coefficient (Wildman–Crippen LogP) is 2.57. The van der Waals surface area contributed by atoms with Crippen molar-refractivity contribution < 1.29 is 9.47 Å². The van der Waals surface area contributed by atoms with Crippen LogP contribution in [0.5, 0.6) is 5.75 Å². The first kappa shape index (κ1) is 15.8. The molecule has 1 aromatic carbocycles. The van der Waals surface area contributed by atoms with Gasteiger partial charge in [0.05, 0.1) is 17.7 Å². The summed E-state index contributed by atoms with van der Waals surface area (Å²) in [5.41, 5.74) is 7.21. The van der Waals surface area contributed by atoms with Gasteiger partial charge in [-0.05, 0) is 54.0 Å². The molecule has 1 aliphatic heterocycles. The van der Waals surface area contributed by atoms with Crippen LogP contribution in [0.1, 0.15) is 24.9 Å². The Morgan fingerprint density at radius 2 is 2.30 bits per heavy atom. The number of likely N-dealkylation sites (N-methyl/N-ethyl adjacent to an activating group) is 1. The average molecular weight is 343 g/mol. The van der Waals surface area contributed by atoms with Gasteiger partial charge in [-0.3, -0.25) is 4.90 Å². The fourth-order valence-electron chi connectivity index (χ4n) is 2.91. The first-order chi connectivity index (χ1) is 9.58. The molecule has 0 amide bonds. The summed E-state index contributed by atoms with van der Waals surface area (Å²) in [6.07, 6.45) is 1.32. The minimum Gasteiger partial charge on any atom is -0.496 e. The maximum atomic E-state index is 6.01. The summed E-state index contributed by atoms with van der Waals surface area (Å²) >= 11 is 3.54. The number of hydrogen-bond donors (Lipinski definition) is 1. The predicted molar refractivity (Wildman–Crippen MR) is 84.1 cm³/mol. The van der Waals surface area contributed by atoms with Crippen LogP contribution >= 0.6 is 15.9 Å². The Labute approximate surface area is 129 Å². The highest BCUT2D eigenvalue weighted by Gasteiger charge is 2.32. The maximum Gasteiger partial charge on any atom is 0.133 e. The van der Waals surface area contributed by atoms with E-state index in [1.165, 1.54) is 5.56 Å². The molecule has 2 N–H and O–H groups in total. The van der Waals surface area contributed by atoms with E-state index in [1.807, 2.05) is 6.07 Å². The van der Waals surface area contributed by atoms with Gasteiger partial charge >= 0.3 is 0 Å². The summed E-state index contributed by atoms with van der Waals surface area (Å²) in [5.74, 6) is 0.838. The Morgan fingerprint density at radius 3 is 2.80 bits per heavy atom. The van der Waals surface area contributed by atoms with Crippen LogP contribution < -0.4 is 10.5 Å². The second-order valence-corrected chi connectivity index (χ2v) is 6.10. The fraction of sp³-hybridized carbons (Fsp3) is 0.600. The smallest absolute Gasteiger partial charge is 0.133 e. The molecule has 1 saturated heterocycles. The van der Waals surface area contributed by atoms with Crippen molar-refractivity contribution >= 4 is 15.9 Å². The van der Waals surface area contributed by atoms with Crippen molar-refractivity contribution in [3.05, 3.63) is 28.2 Å². The lowest BCUT2D eigenvalue weighted by atomic mass is 10.0. The Balaban J connectivity index is 2.20. The maximum absolute atomic E-state index is 6.01. The lowest BCUT2D eigenvalue weighted by molar-refractivity contribution is 0.0686. The molecule has 0 bridgehead atoms. The van der Waals surface area contributed by atoms with Gasteiger partial charge in [0.15, 0.2) is 0 Å². The van der Waals surface area contributed by atoms with E-state index in [1.54, 1.807) is 7.11 Å². The second-order valence-electron chi connectivity index (χ2n) is 5.24. The van der Waals surface area contributed by atoms with Gasteiger partial charge in [0.2, 0.25) is 0 Å². The van der Waals surface area contributed by atoms with Crippen LogP contribution in [0.2, 0.25) is 0 Å². The van der Waals surface area contributed by atoms with E-state index >= 15 is 0 Å². The van der Waals surface area contributed by atoms with Gasteiger partial charge in [-0.25, -0.2) is 0 Å². The first-order valence-corrected chi connectivity index (χ1v) is 7.74. The zero-order valence-electron chi connectivity index (χ0n) is 12.3. The molecule has 0 saturated carbocycles. The van der Waals surface area contributed by atoms with E-state index in [0.29, 0.717) is 12.6 Å². The molecule has 0 aromatic heterocycles. The number of ether oxygens (including phenoxy) is 2. The summed E-state index contributed by atoms with van der Waals surface area (Å²) < 4.78 is 11.9. The topological polar surface area (TPSA) is 47.7 Å². The third-order valence-corrected chi connectivity index (χ3v) is 4.75. The lowest BCUT2D eigenvalue weighted by Crippen LogP contribution is -2.42. The van der Waals surface area contributed by atoms with Crippen molar-refractivity contribution in [3.63, 3.8) is 0 Å². The average Bonchev–Trinajstić information content (AvgIpc) is 2.86. The Hall–Kier alpha value is -0.620. The van der Waals surface area contributed by atoms with Gasteiger partial charge in [-0.1, -0.05) is 6.07 Å². The van der Waals surface area contributed by atoms with Crippen molar-refractivity contribution in [2.24, 2.45) is 5.73 Å². The SMILES string of the molecule is COc1ccc(C(CN)N(C)C2CCOC2C)cc1Br. The lowest BCUT2D eigenvalue weighted by Gasteiger charge is -2.34. The highest BCUT2D eigenvalue weighted by Crippen LogP contribution is 2.32. The van der Waals surface area contributed by atoms with Gasteiger partial charge in [0.1, 0.15) is 5.75 Å². The summed E-state index contributed by atoms with van der Waals surface area (Å²) in [6.45, 7) is 3.55. The summed E-state index contributed by atoms with van der Waals surface area (Å²) in [7, 11) is 3.80. The molecule has 0 spiro atoms. The van der Waals surface area contributed by atoms with Crippen LogP contribution in [0.3, 0.4) is 0 Å². The van der Waals surface area contributed by atoms with Gasteiger partial charge in [0, 0.05) is 25.2 Å². The molecular weight excluding hydrogens is 320 g/mol. The van der Waals surface area contributed by atoms with Gasteiger partial charge < -0.3 is 15.2 Å². The number of halogens is 1. The van der Waals surface area contributed by atoms with Crippen LogP contribution in [0, 0.1) is 0 Å². The number of benzene rings is 1. The Kier molecular flexibility index (Phi) is 5.43. The zero-order valence-corrected chi connectivity index (χ0v) is 13.9. The Bertz CT molecular complexity index is 455. The number of hydrogen-bond acceptors (Lipinski definition) is 4. The molecule has 1 aromatic rings. The molecule has 1 aliphatic rings. The molecule has 1 heterocycles.